The van der Waals surface area contributed by atoms with Crippen LogP contribution in [0.5, 0.6) is 0 Å². The molecule has 2 heterocycles. The van der Waals surface area contributed by atoms with E-state index in [0.29, 0.717) is 6.61 Å². The van der Waals surface area contributed by atoms with E-state index in [9.17, 15) is 0 Å². The van der Waals surface area contributed by atoms with Crippen molar-refractivity contribution in [3.8, 4) is 0 Å². The van der Waals surface area contributed by atoms with E-state index in [0.717, 1.165) is 38.3 Å². The van der Waals surface area contributed by atoms with Gasteiger partial charge in [-0.2, -0.15) is 5.10 Å². The highest BCUT2D eigenvalue weighted by molar-refractivity contribution is 4.86. The molecule has 1 aromatic heterocycles. The van der Waals surface area contributed by atoms with Crippen LogP contribution in [-0.2, 0) is 17.9 Å². The summed E-state index contributed by atoms with van der Waals surface area (Å²) in [4.78, 5) is 4.26. The van der Waals surface area contributed by atoms with Crippen LogP contribution in [0.25, 0.3) is 0 Å². The van der Waals surface area contributed by atoms with Crippen LogP contribution in [0, 0.1) is 0 Å². The molecule has 1 saturated heterocycles. The van der Waals surface area contributed by atoms with E-state index in [1.807, 2.05) is 4.68 Å². The Morgan fingerprint density at radius 2 is 2.47 bits per heavy atom. The van der Waals surface area contributed by atoms with Gasteiger partial charge in [0.05, 0.1) is 5.60 Å². The maximum absolute atomic E-state index is 6.02. The maximum Gasteiger partial charge on any atom is 0.152 e. The van der Waals surface area contributed by atoms with Crippen LogP contribution in [0.4, 0.5) is 0 Å². The normalized spacial score (nSPS) is 25.1. The summed E-state index contributed by atoms with van der Waals surface area (Å²) < 4.78 is 7.95. The monoisotopic (exact) mass is 238 g/mol. The van der Waals surface area contributed by atoms with Crippen LogP contribution >= 0.6 is 0 Å². The number of nitrogens with one attached hydrogen (secondary N) is 1. The van der Waals surface area contributed by atoms with E-state index in [4.69, 9.17) is 4.74 Å². The second kappa shape index (κ2) is 5.60. The molecular weight excluding hydrogens is 216 g/mol. The molecular formula is C12H22N4O. The van der Waals surface area contributed by atoms with Crippen molar-refractivity contribution >= 4 is 0 Å². The van der Waals surface area contributed by atoms with Crippen LogP contribution in [0.1, 0.15) is 38.9 Å². The van der Waals surface area contributed by atoms with Gasteiger partial charge in [0.15, 0.2) is 5.82 Å². The first-order valence-corrected chi connectivity index (χ1v) is 6.45. The summed E-state index contributed by atoms with van der Waals surface area (Å²) in [5, 5.41) is 7.58. The molecule has 0 saturated carbocycles. The summed E-state index contributed by atoms with van der Waals surface area (Å²) in [6, 6.07) is 0. The van der Waals surface area contributed by atoms with Crippen LogP contribution in [0.3, 0.4) is 0 Å². The van der Waals surface area contributed by atoms with E-state index in [1.165, 1.54) is 6.42 Å². The molecule has 1 aliphatic rings. The SMILES string of the molecule is CCCn1ncnc1COC1(C)CCCNC1. The molecule has 1 N–H and O–H groups in total. The number of nitrogens with zero attached hydrogens (tertiary/aromatic N) is 3. The fourth-order valence-electron chi connectivity index (χ4n) is 2.19. The van der Waals surface area contributed by atoms with Gasteiger partial charge in [0, 0.05) is 13.1 Å². The highest BCUT2D eigenvalue weighted by atomic mass is 16.5. The van der Waals surface area contributed by atoms with Gasteiger partial charge in [-0.25, -0.2) is 9.67 Å². The van der Waals surface area contributed by atoms with E-state index >= 15 is 0 Å². The third-order valence-corrected chi connectivity index (χ3v) is 3.24. The van der Waals surface area contributed by atoms with E-state index < -0.39 is 0 Å². The molecule has 0 amide bonds. The summed E-state index contributed by atoms with van der Waals surface area (Å²) in [6.07, 6.45) is 4.96. The fraction of sp³-hybridized carbons (Fsp3) is 0.833. The average Bonchev–Trinajstić information content (AvgIpc) is 2.76. The highest BCUT2D eigenvalue weighted by Gasteiger charge is 2.27. The first-order valence-electron chi connectivity index (χ1n) is 6.45. The standard InChI is InChI=1S/C12H22N4O/c1-3-7-16-11(14-10-15-16)8-17-12(2)5-4-6-13-9-12/h10,13H,3-9H2,1-2H3. The molecule has 5 nitrogen and oxygen atoms in total. The molecule has 1 fully saturated rings. The number of aryl methyl sites for hydroxylation is 1. The molecule has 1 atom stereocenters. The van der Waals surface area contributed by atoms with Crippen molar-refractivity contribution in [3.63, 3.8) is 0 Å². The van der Waals surface area contributed by atoms with Gasteiger partial charge in [-0.15, -0.1) is 0 Å². The largest absolute Gasteiger partial charge is 0.366 e. The number of piperidine rings is 1. The third-order valence-electron chi connectivity index (χ3n) is 3.24. The van der Waals surface area contributed by atoms with Crippen molar-refractivity contribution in [1.29, 1.82) is 0 Å². The minimum atomic E-state index is -0.0543. The molecule has 0 radical (unpaired) electrons. The van der Waals surface area contributed by atoms with Gasteiger partial charge in [-0.05, 0) is 32.7 Å². The molecule has 1 unspecified atom stereocenters. The summed E-state index contributed by atoms with van der Waals surface area (Å²) in [5.74, 6) is 0.929. The topological polar surface area (TPSA) is 52.0 Å². The Morgan fingerprint density at radius 3 is 3.18 bits per heavy atom. The van der Waals surface area contributed by atoms with Crippen molar-refractivity contribution in [3.05, 3.63) is 12.2 Å². The van der Waals surface area contributed by atoms with Crippen LogP contribution < -0.4 is 5.32 Å². The number of hydrogen-bond acceptors (Lipinski definition) is 4. The van der Waals surface area contributed by atoms with Gasteiger partial charge in [-0.1, -0.05) is 6.92 Å². The van der Waals surface area contributed by atoms with E-state index in [2.05, 4.69) is 29.2 Å². The van der Waals surface area contributed by atoms with E-state index in [-0.39, 0.29) is 5.60 Å². The zero-order valence-corrected chi connectivity index (χ0v) is 10.8. The van der Waals surface area contributed by atoms with Crippen molar-refractivity contribution < 1.29 is 4.74 Å². The molecule has 96 valence electrons. The Kier molecular flexibility index (Phi) is 4.12. The molecule has 0 bridgehead atoms. The predicted octanol–water partition coefficient (Wildman–Crippen LogP) is 1.35. The molecule has 0 aromatic carbocycles. The first kappa shape index (κ1) is 12.5. The first-order chi connectivity index (χ1) is 8.23. The quantitative estimate of drug-likeness (QED) is 0.841. The lowest BCUT2D eigenvalue weighted by molar-refractivity contribution is -0.0607. The molecule has 5 heteroatoms. The summed E-state index contributed by atoms with van der Waals surface area (Å²) in [5.41, 5.74) is -0.0543. The Labute approximate surface area is 103 Å². The molecule has 1 aromatic rings. The van der Waals surface area contributed by atoms with Crippen molar-refractivity contribution in [2.75, 3.05) is 13.1 Å². The van der Waals surface area contributed by atoms with E-state index in [1.54, 1.807) is 6.33 Å². The maximum atomic E-state index is 6.02. The number of aromatic nitrogens is 3. The van der Waals surface area contributed by atoms with Crippen molar-refractivity contribution in [2.45, 2.75) is 51.9 Å². The zero-order valence-electron chi connectivity index (χ0n) is 10.8. The van der Waals surface area contributed by atoms with Gasteiger partial charge in [0.1, 0.15) is 12.9 Å². The van der Waals surface area contributed by atoms with Crippen LogP contribution in [0.15, 0.2) is 6.33 Å². The summed E-state index contributed by atoms with van der Waals surface area (Å²) in [7, 11) is 0. The average molecular weight is 238 g/mol. The second-order valence-electron chi connectivity index (χ2n) is 4.92. The summed E-state index contributed by atoms with van der Waals surface area (Å²) >= 11 is 0. The number of ether oxygens (including phenoxy) is 1. The zero-order chi connectivity index (χ0) is 12.1. The van der Waals surface area contributed by atoms with Crippen LogP contribution in [0.2, 0.25) is 0 Å². The van der Waals surface area contributed by atoms with Gasteiger partial charge < -0.3 is 10.1 Å². The Bertz CT molecular complexity index is 344. The lowest BCUT2D eigenvalue weighted by Gasteiger charge is -2.34. The molecule has 0 aliphatic carbocycles. The Balaban J connectivity index is 1.90. The van der Waals surface area contributed by atoms with Gasteiger partial charge in [0.25, 0.3) is 0 Å². The third kappa shape index (κ3) is 3.26. The smallest absolute Gasteiger partial charge is 0.152 e. The second-order valence-corrected chi connectivity index (χ2v) is 4.92. The Morgan fingerprint density at radius 1 is 1.59 bits per heavy atom. The molecule has 1 aliphatic heterocycles. The Hall–Kier alpha value is -0.940. The summed E-state index contributed by atoms with van der Waals surface area (Å²) in [6.45, 7) is 7.80. The fourth-order valence-corrected chi connectivity index (χ4v) is 2.19. The lowest BCUT2D eigenvalue weighted by atomic mass is 9.96. The number of rotatable bonds is 5. The van der Waals surface area contributed by atoms with Crippen LogP contribution in [-0.4, -0.2) is 33.5 Å². The predicted molar refractivity (Wildman–Crippen MR) is 65.6 cm³/mol. The molecule has 0 spiro atoms. The minimum absolute atomic E-state index is 0.0543. The van der Waals surface area contributed by atoms with Crippen molar-refractivity contribution in [1.82, 2.24) is 20.1 Å². The van der Waals surface area contributed by atoms with Crippen molar-refractivity contribution in [2.24, 2.45) is 0 Å². The molecule has 17 heavy (non-hydrogen) atoms. The van der Waals surface area contributed by atoms with Gasteiger partial charge >= 0.3 is 0 Å². The highest BCUT2D eigenvalue weighted by Crippen LogP contribution is 2.21. The lowest BCUT2D eigenvalue weighted by Crippen LogP contribution is -2.45. The number of hydrogen-bond donors (Lipinski definition) is 1. The van der Waals surface area contributed by atoms with Gasteiger partial charge in [-0.3, -0.25) is 0 Å². The minimum Gasteiger partial charge on any atom is -0.366 e. The van der Waals surface area contributed by atoms with Gasteiger partial charge in [0.2, 0.25) is 0 Å². The molecule has 2 rings (SSSR count).